The Hall–Kier alpha value is -2.69. The Bertz CT molecular complexity index is 790. The van der Waals surface area contributed by atoms with Gasteiger partial charge >= 0.3 is 5.97 Å². The van der Waals surface area contributed by atoms with E-state index in [-0.39, 0.29) is 11.3 Å². The smallest absolute Gasteiger partial charge is 0.339 e. The number of phenols is 1. The molecule has 0 unspecified atom stereocenters. The van der Waals surface area contributed by atoms with Crippen LogP contribution in [-0.2, 0) is 6.42 Å². The van der Waals surface area contributed by atoms with Crippen molar-refractivity contribution >= 4 is 17.1 Å². The Kier molecular flexibility index (Phi) is 6.69. The van der Waals surface area contributed by atoms with E-state index in [1.807, 2.05) is 13.0 Å². The molecule has 25 heavy (non-hydrogen) atoms. The Balaban J connectivity index is 0.000000181. The lowest BCUT2D eigenvalue weighted by atomic mass is 10.1. The molecule has 5 nitrogen and oxygen atoms in total. The van der Waals surface area contributed by atoms with Gasteiger partial charge in [0.25, 0.3) is 0 Å². The minimum Gasteiger partial charge on any atom is -0.507 e. The maximum atomic E-state index is 10.5. The highest BCUT2D eigenvalue weighted by Gasteiger charge is 2.09. The average Bonchev–Trinajstić information content (AvgIpc) is 3.19. The molecule has 0 aliphatic rings. The Morgan fingerprint density at radius 2 is 1.92 bits per heavy atom. The van der Waals surface area contributed by atoms with Crippen LogP contribution >= 0.6 is 0 Å². The third-order valence-corrected chi connectivity index (χ3v) is 3.82. The molecule has 0 saturated carbocycles. The minimum absolute atomic E-state index is 0.122. The van der Waals surface area contributed by atoms with Gasteiger partial charge in [0, 0.05) is 6.07 Å². The van der Waals surface area contributed by atoms with Gasteiger partial charge in [0.15, 0.2) is 0 Å². The first-order chi connectivity index (χ1) is 12.0. The summed E-state index contributed by atoms with van der Waals surface area (Å²) in [5.74, 6) is -0.969. The number of aromatic carboxylic acids is 1. The third-order valence-electron chi connectivity index (χ3n) is 3.82. The van der Waals surface area contributed by atoms with Crippen molar-refractivity contribution in [3.05, 3.63) is 47.5 Å². The van der Waals surface area contributed by atoms with Crippen LogP contribution in [0.5, 0.6) is 11.5 Å². The second-order valence-corrected chi connectivity index (χ2v) is 5.75. The number of hydrogen-bond donors (Lipinski definition) is 2. The number of unbranched alkanes of at least 4 members (excludes halogenated alkanes) is 2. The van der Waals surface area contributed by atoms with Crippen molar-refractivity contribution < 1.29 is 24.2 Å². The SMILES string of the molecule is CCCCCc1cc2ccc1o2.CCOc1ccc(C(=O)O)c(O)c1. The van der Waals surface area contributed by atoms with E-state index in [1.165, 1.54) is 49.4 Å². The zero-order valence-corrected chi connectivity index (χ0v) is 14.6. The summed E-state index contributed by atoms with van der Waals surface area (Å²) in [5.41, 5.74) is 3.38. The van der Waals surface area contributed by atoms with Crippen LogP contribution in [0.2, 0.25) is 0 Å². The van der Waals surface area contributed by atoms with Crippen molar-refractivity contribution in [2.75, 3.05) is 6.61 Å². The molecule has 5 heteroatoms. The number of fused-ring (bicyclic) bond motifs is 2. The Morgan fingerprint density at radius 1 is 1.12 bits per heavy atom. The maximum Gasteiger partial charge on any atom is 0.339 e. The van der Waals surface area contributed by atoms with E-state index in [0.717, 1.165) is 11.2 Å². The molecule has 0 saturated heterocycles. The summed E-state index contributed by atoms with van der Waals surface area (Å²) < 4.78 is 10.5. The minimum atomic E-state index is -1.15. The van der Waals surface area contributed by atoms with E-state index in [2.05, 4.69) is 19.1 Å². The molecule has 134 valence electrons. The van der Waals surface area contributed by atoms with Gasteiger partial charge in [-0.2, -0.15) is 0 Å². The predicted octanol–water partition coefficient (Wildman–Crippen LogP) is 5.09. The molecule has 2 bridgehead atoms. The van der Waals surface area contributed by atoms with E-state index in [9.17, 15) is 9.90 Å². The molecule has 0 aliphatic heterocycles. The lowest BCUT2D eigenvalue weighted by molar-refractivity contribution is 0.0693. The predicted molar refractivity (Wildman–Crippen MR) is 96.9 cm³/mol. The molecule has 2 N–H and O–H groups in total. The second kappa shape index (κ2) is 8.97. The fourth-order valence-electron chi connectivity index (χ4n) is 2.56. The number of furan rings is 2. The monoisotopic (exact) mass is 344 g/mol. The number of carbonyl (C=O) groups is 1. The van der Waals surface area contributed by atoms with Crippen molar-refractivity contribution in [2.45, 2.75) is 39.5 Å². The summed E-state index contributed by atoms with van der Waals surface area (Å²) >= 11 is 0. The Morgan fingerprint density at radius 3 is 2.44 bits per heavy atom. The summed E-state index contributed by atoms with van der Waals surface area (Å²) in [6.07, 6.45) is 5.08. The quantitative estimate of drug-likeness (QED) is 0.583. The number of ether oxygens (including phenoxy) is 1. The van der Waals surface area contributed by atoms with Crippen LogP contribution in [0, 0.1) is 0 Å². The van der Waals surface area contributed by atoms with Gasteiger partial charge < -0.3 is 19.4 Å². The van der Waals surface area contributed by atoms with Gasteiger partial charge in [-0.05, 0) is 55.7 Å². The summed E-state index contributed by atoms with van der Waals surface area (Å²) in [4.78, 5) is 10.5. The first kappa shape index (κ1) is 18.6. The molecule has 3 rings (SSSR count). The van der Waals surface area contributed by atoms with Crippen LogP contribution in [0.3, 0.4) is 0 Å². The van der Waals surface area contributed by atoms with Gasteiger partial charge in [0.2, 0.25) is 0 Å². The second-order valence-electron chi connectivity index (χ2n) is 5.75. The van der Waals surface area contributed by atoms with E-state index in [0.29, 0.717) is 12.4 Å². The normalized spacial score (nSPS) is 10.5. The topological polar surface area (TPSA) is 79.9 Å². The van der Waals surface area contributed by atoms with Gasteiger partial charge in [0.05, 0.1) is 6.61 Å². The molecule has 2 heterocycles. The van der Waals surface area contributed by atoms with Gasteiger partial charge in [-0.1, -0.05) is 19.8 Å². The number of carboxylic acid groups (broad SMARTS) is 1. The largest absolute Gasteiger partial charge is 0.507 e. The van der Waals surface area contributed by atoms with Crippen molar-refractivity contribution in [1.29, 1.82) is 0 Å². The summed E-state index contributed by atoms with van der Waals surface area (Å²) in [5, 5.41) is 17.8. The summed E-state index contributed by atoms with van der Waals surface area (Å²) in [6.45, 7) is 4.52. The fraction of sp³-hybridized carbons (Fsp3) is 0.350. The van der Waals surface area contributed by atoms with Gasteiger partial charge in [-0.15, -0.1) is 0 Å². The Labute approximate surface area is 147 Å². The zero-order chi connectivity index (χ0) is 18.2. The summed E-state index contributed by atoms with van der Waals surface area (Å²) in [7, 11) is 0. The third kappa shape index (κ3) is 5.14. The van der Waals surface area contributed by atoms with E-state index >= 15 is 0 Å². The van der Waals surface area contributed by atoms with Crippen LogP contribution in [-0.4, -0.2) is 22.8 Å². The molecule has 0 amide bonds. The number of carboxylic acids is 1. The van der Waals surface area contributed by atoms with Crippen molar-refractivity contribution in [1.82, 2.24) is 0 Å². The van der Waals surface area contributed by atoms with E-state index in [1.54, 1.807) is 0 Å². The molecule has 0 aliphatic carbocycles. The van der Waals surface area contributed by atoms with Crippen molar-refractivity contribution in [2.24, 2.45) is 0 Å². The van der Waals surface area contributed by atoms with Gasteiger partial charge in [-0.25, -0.2) is 4.79 Å². The molecule has 2 aromatic heterocycles. The number of aryl methyl sites for hydroxylation is 1. The molecular formula is C20H24O5. The highest BCUT2D eigenvalue weighted by molar-refractivity contribution is 5.90. The van der Waals surface area contributed by atoms with Crippen LogP contribution < -0.4 is 4.74 Å². The molecule has 0 atom stereocenters. The highest BCUT2D eigenvalue weighted by atomic mass is 16.5. The van der Waals surface area contributed by atoms with Crippen molar-refractivity contribution in [3.8, 4) is 11.5 Å². The van der Waals surface area contributed by atoms with E-state index < -0.39 is 5.97 Å². The first-order valence-corrected chi connectivity index (χ1v) is 8.55. The van der Waals surface area contributed by atoms with Crippen LogP contribution in [0.4, 0.5) is 0 Å². The molecule has 0 radical (unpaired) electrons. The molecule has 0 spiro atoms. The number of benzene rings is 2. The summed E-state index contributed by atoms with van der Waals surface area (Å²) in [6, 6.07) is 10.3. The standard InChI is InChI=1S/C11H14O.C9H10O4/c1-2-3-4-5-9-8-10-6-7-11(9)12-10;1-2-13-6-3-4-7(9(11)12)8(10)5-6/h6-8H,2-5H2,1H3;3-5,10H,2H2,1H3,(H,11,12). The van der Waals surface area contributed by atoms with Crippen LogP contribution in [0.1, 0.15) is 49.0 Å². The average molecular weight is 344 g/mol. The highest BCUT2D eigenvalue weighted by Crippen LogP contribution is 2.24. The molecular weight excluding hydrogens is 320 g/mol. The fourth-order valence-corrected chi connectivity index (χ4v) is 2.56. The maximum absolute atomic E-state index is 10.5. The van der Waals surface area contributed by atoms with Crippen LogP contribution in [0.25, 0.3) is 11.2 Å². The number of aromatic hydroxyl groups is 1. The zero-order valence-electron chi connectivity index (χ0n) is 14.6. The van der Waals surface area contributed by atoms with Gasteiger partial charge in [0.1, 0.15) is 28.2 Å². The number of rotatable bonds is 7. The molecule has 3 aromatic rings. The molecule has 0 fully saturated rings. The number of hydrogen-bond acceptors (Lipinski definition) is 4. The van der Waals surface area contributed by atoms with E-state index in [4.69, 9.17) is 14.3 Å². The first-order valence-electron chi connectivity index (χ1n) is 8.55. The van der Waals surface area contributed by atoms with Crippen LogP contribution in [0.15, 0.2) is 40.8 Å². The van der Waals surface area contributed by atoms with Crippen molar-refractivity contribution in [3.63, 3.8) is 0 Å². The van der Waals surface area contributed by atoms with Gasteiger partial charge in [-0.3, -0.25) is 0 Å². The molecule has 1 aromatic carbocycles. The lowest BCUT2D eigenvalue weighted by Gasteiger charge is -2.04. The lowest BCUT2D eigenvalue weighted by Crippen LogP contribution is -1.97.